The van der Waals surface area contributed by atoms with Crippen LogP contribution in [0.15, 0.2) is 72.8 Å². The summed E-state index contributed by atoms with van der Waals surface area (Å²) in [4.78, 5) is 26.1. The first-order valence-corrected chi connectivity index (χ1v) is 10.8. The molecule has 0 aliphatic carbocycles. The van der Waals surface area contributed by atoms with Crippen LogP contribution in [0.2, 0.25) is 0 Å². The van der Waals surface area contributed by atoms with Gasteiger partial charge >= 0.3 is 0 Å². The van der Waals surface area contributed by atoms with E-state index in [4.69, 9.17) is 9.47 Å². The molecule has 0 aliphatic rings. The molecule has 0 saturated heterocycles. The third kappa shape index (κ3) is 6.20. The SMILES string of the molecule is COc1ccccc1NC(=O)Cn1nnc(-c2ccccc2NC(=O)COc2ccc(C)cc2)n1. The van der Waals surface area contributed by atoms with Crippen LogP contribution in [0.4, 0.5) is 11.4 Å². The summed E-state index contributed by atoms with van der Waals surface area (Å²) in [6, 6.07) is 21.6. The van der Waals surface area contributed by atoms with Crippen LogP contribution in [0.1, 0.15) is 5.56 Å². The van der Waals surface area contributed by atoms with Crippen LogP contribution in [0, 0.1) is 6.92 Å². The Bertz CT molecular complexity index is 1320. The maximum Gasteiger partial charge on any atom is 0.262 e. The van der Waals surface area contributed by atoms with E-state index in [0.29, 0.717) is 28.4 Å². The zero-order chi connectivity index (χ0) is 24.6. The molecule has 2 N–H and O–H groups in total. The van der Waals surface area contributed by atoms with Crippen LogP contribution in [0.5, 0.6) is 11.5 Å². The Balaban J connectivity index is 1.39. The molecular formula is C25H24N6O4. The Labute approximate surface area is 201 Å². The highest BCUT2D eigenvalue weighted by molar-refractivity contribution is 5.95. The highest BCUT2D eigenvalue weighted by Crippen LogP contribution is 2.25. The number of benzene rings is 3. The molecule has 10 nitrogen and oxygen atoms in total. The van der Waals surface area contributed by atoms with Gasteiger partial charge < -0.3 is 20.1 Å². The molecule has 0 spiro atoms. The van der Waals surface area contributed by atoms with Crippen LogP contribution >= 0.6 is 0 Å². The number of aromatic nitrogens is 4. The molecule has 0 atom stereocenters. The van der Waals surface area contributed by atoms with Gasteiger partial charge in [0.1, 0.15) is 18.0 Å². The quantitative estimate of drug-likeness (QED) is 0.383. The van der Waals surface area contributed by atoms with Crippen molar-refractivity contribution in [2.75, 3.05) is 24.4 Å². The van der Waals surface area contributed by atoms with Crippen LogP contribution in [-0.2, 0) is 16.1 Å². The van der Waals surface area contributed by atoms with Gasteiger partial charge in [-0.3, -0.25) is 9.59 Å². The number of nitrogens with zero attached hydrogens (tertiary/aromatic N) is 4. The minimum Gasteiger partial charge on any atom is -0.495 e. The van der Waals surface area contributed by atoms with E-state index in [9.17, 15) is 9.59 Å². The number of tetrazole rings is 1. The van der Waals surface area contributed by atoms with Gasteiger partial charge in [-0.05, 0) is 48.5 Å². The van der Waals surface area contributed by atoms with Gasteiger partial charge in [-0.15, -0.1) is 10.2 Å². The molecule has 4 aromatic rings. The standard InChI is InChI=1S/C25H24N6O4/c1-17-11-13-18(14-12-17)35-16-24(33)26-20-8-4-3-7-19(20)25-28-30-31(29-25)15-23(32)27-21-9-5-6-10-22(21)34-2/h3-14H,15-16H2,1-2H3,(H,26,33)(H,27,32). The van der Waals surface area contributed by atoms with Gasteiger partial charge in [-0.1, -0.05) is 42.0 Å². The van der Waals surface area contributed by atoms with Crippen LogP contribution < -0.4 is 20.1 Å². The number of aryl methyl sites for hydroxylation is 1. The highest BCUT2D eigenvalue weighted by atomic mass is 16.5. The Morgan fingerprint density at radius 2 is 1.57 bits per heavy atom. The summed E-state index contributed by atoms with van der Waals surface area (Å²) in [7, 11) is 1.53. The van der Waals surface area contributed by atoms with Crippen LogP contribution in [-0.4, -0.2) is 45.7 Å². The first-order chi connectivity index (χ1) is 17.0. The van der Waals surface area contributed by atoms with E-state index in [1.54, 1.807) is 42.5 Å². The van der Waals surface area contributed by atoms with Gasteiger partial charge in [0.25, 0.3) is 5.91 Å². The number of hydrogen-bond donors (Lipinski definition) is 2. The Kier molecular flexibility index (Phi) is 7.31. The zero-order valence-corrected chi connectivity index (χ0v) is 19.3. The van der Waals surface area contributed by atoms with Crippen molar-refractivity contribution in [2.24, 2.45) is 0 Å². The molecule has 0 unspecified atom stereocenters. The van der Waals surface area contributed by atoms with E-state index >= 15 is 0 Å². The van der Waals surface area contributed by atoms with E-state index in [2.05, 4.69) is 26.0 Å². The first-order valence-electron chi connectivity index (χ1n) is 10.8. The second-order valence-corrected chi connectivity index (χ2v) is 7.59. The third-order valence-corrected chi connectivity index (χ3v) is 4.95. The average Bonchev–Trinajstić information content (AvgIpc) is 3.32. The molecule has 1 heterocycles. The zero-order valence-electron chi connectivity index (χ0n) is 19.3. The lowest BCUT2D eigenvalue weighted by Gasteiger charge is -2.10. The van der Waals surface area contributed by atoms with E-state index in [-0.39, 0.29) is 30.8 Å². The molecule has 35 heavy (non-hydrogen) atoms. The summed E-state index contributed by atoms with van der Waals surface area (Å²) in [6.45, 7) is 1.68. The van der Waals surface area contributed by atoms with Crippen molar-refractivity contribution < 1.29 is 19.1 Å². The van der Waals surface area contributed by atoms with Crippen molar-refractivity contribution >= 4 is 23.2 Å². The fraction of sp³-hybridized carbons (Fsp3) is 0.160. The Hall–Kier alpha value is -4.73. The predicted molar refractivity (Wildman–Crippen MR) is 130 cm³/mol. The smallest absolute Gasteiger partial charge is 0.262 e. The van der Waals surface area contributed by atoms with Gasteiger partial charge in [0.2, 0.25) is 11.7 Å². The molecule has 0 saturated carbocycles. The van der Waals surface area contributed by atoms with E-state index in [1.165, 1.54) is 11.9 Å². The molecular weight excluding hydrogens is 448 g/mol. The lowest BCUT2D eigenvalue weighted by atomic mass is 10.1. The van der Waals surface area contributed by atoms with Crippen molar-refractivity contribution in [3.05, 3.63) is 78.4 Å². The van der Waals surface area contributed by atoms with Crippen molar-refractivity contribution in [2.45, 2.75) is 13.5 Å². The van der Waals surface area contributed by atoms with Crippen molar-refractivity contribution in [3.8, 4) is 22.9 Å². The number of rotatable bonds is 9. The Morgan fingerprint density at radius 1 is 0.886 bits per heavy atom. The fourth-order valence-electron chi connectivity index (χ4n) is 3.24. The second kappa shape index (κ2) is 10.9. The van der Waals surface area contributed by atoms with E-state index < -0.39 is 0 Å². The maximum absolute atomic E-state index is 12.5. The molecule has 0 radical (unpaired) electrons. The minimum absolute atomic E-state index is 0.149. The molecule has 3 aromatic carbocycles. The lowest BCUT2D eigenvalue weighted by molar-refractivity contribution is -0.118. The molecule has 10 heteroatoms. The second-order valence-electron chi connectivity index (χ2n) is 7.59. The van der Waals surface area contributed by atoms with Gasteiger partial charge in [-0.2, -0.15) is 4.80 Å². The molecule has 1 aromatic heterocycles. The summed E-state index contributed by atoms with van der Waals surface area (Å²) < 4.78 is 10.8. The molecule has 178 valence electrons. The number of nitrogens with one attached hydrogen (secondary N) is 2. The van der Waals surface area contributed by atoms with Gasteiger partial charge in [-0.25, -0.2) is 0 Å². The number of anilines is 2. The average molecular weight is 473 g/mol. The largest absolute Gasteiger partial charge is 0.495 e. The molecule has 4 rings (SSSR count). The van der Waals surface area contributed by atoms with Gasteiger partial charge in [0, 0.05) is 5.56 Å². The number of amides is 2. The molecule has 0 bridgehead atoms. The van der Waals surface area contributed by atoms with Gasteiger partial charge in [0.15, 0.2) is 6.61 Å². The normalized spacial score (nSPS) is 10.5. The Morgan fingerprint density at radius 3 is 2.34 bits per heavy atom. The summed E-state index contributed by atoms with van der Waals surface area (Å²) in [6.07, 6.45) is 0. The summed E-state index contributed by atoms with van der Waals surface area (Å²) in [5.41, 5.74) is 2.71. The number of carbonyl (C=O) groups is 2. The summed E-state index contributed by atoms with van der Waals surface area (Å²) in [5.74, 6) is 0.750. The van der Waals surface area contributed by atoms with Crippen LogP contribution in [0.25, 0.3) is 11.4 Å². The van der Waals surface area contributed by atoms with E-state index in [1.807, 2.05) is 37.3 Å². The minimum atomic E-state index is -0.340. The van der Waals surface area contributed by atoms with Crippen molar-refractivity contribution in [1.82, 2.24) is 20.2 Å². The monoisotopic (exact) mass is 472 g/mol. The van der Waals surface area contributed by atoms with Gasteiger partial charge in [0.05, 0.1) is 18.5 Å². The first kappa shape index (κ1) is 23.4. The maximum atomic E-state index is 12.5. The summed E-state index contributed by atoms with van der Waals surface area (Å²) in [5, 5.41) is 17.9. The third-order valence-electron chi connectivity index (χ3n) is 4.95. The molecule has 0 aliphatic heterocycles. The number of carbonyl (C=O) groups excluding carboxylic acids is 2. The number of hydrogen-bond acceptors (Lipinski definition) is 7. The molecule has 2 amide bonds. The number of para-hydroxylation sites is 3. The fourth-order valence-corrected chi connectivity index (χ4v) is 3.24. The highest BCUT2D eigenvalue weighted by Gasteiger charge is 2.15. The van der Waals surface area contributed by atoms with E-state index in [0.717, 1.165) is 5.56 Å². The predicted octanol–water partition coefficient (Wildman–Crippen LogP) is 3.31. The number of ether oxygens (including phenoxy) is 2. The summed E-state index contributed by atoms with van der Waals surface area (Å²) >= 11 is 0. The topological polar surface area (TPSA) is 120 Å². The van der Waals surface area contributed by atoms with Crippen molar-refractivity contribution in [3.63, 3.8) is 0 Å². The lowest BCUT2D eigenvalue weighted by Crippen LogP contribution is -2.21. The van der Waals surface area contributed by atoms with Crippen LogP contribution in [0.3, 0.4) is 0 Å². The molecule has 0 fully saturated rings. The number of methoxy groups -OCH3 is 1. The van der Waals surface area contributed by atoms with Crippen molar-refractivity contribution in [1.29, 1.82) is 0 Å².